The van der Waals surface area contributed by atoms with E-state index in [1.54, 1.807) is 24.3 Å². The van der Waals surface area contributed by atoms with Crippen molar-refractivity contribution < 1.29 is 64.1 Å². The van der Waals surface area contributed by atoms with E-state index in [0.29, 0.717) is 23.0 Å². The maximum absolute atomic E-state index is 11.2. The first-order valence-electron chi connectivity index (χ1n) is 15.9. The third kappa shape index (κ3) is 33.1. The number of ether oxygens (including phenoxy) is 4. The predicted molar refractivity (Wildman–Crippen MR) is 236 cm³/mol. The van der Waals surface area contributed by atoms with Crippen molar-refractivity contribution >= 4 is 112 Å². The van der Waals surface area contributed by atoms with Gasteiger partial charge in [-0.15, -0.1) is 24.8 Å². The molecule has 26 heteroatoms. The molecule has 0 aliphatic heterocycles. The fourth-order valence-electron chi connectivity index (χ4n) is 2.73. The van der Waals surface area contributed by atoms with Crippen LogP contribution in [-0.2, 0) is 58.4 Å². The largest absolute Gasteiger partial charge is 0.437 e. The second-order valence-electron chi connectivity index (χ2n) is 11.1. The Bertz CT molecular complexity index is 1560. The van der Waals surface area contributed by atoms with Crippen LogP contribution < -0.4 is 22.9 Å². The highest BCUT2D eigenvalue weighted by atomic mass is 35.5. The zero-order valence-corrected chi connectivity index (χ0v) is 39.1. The van der Waals surface area contributed by atoms with Crippen molar-refractivity contribution in [1.29, 1.82) is 0 Å². The van der Waals surface area contributed by atoms with E-state index in [0.717, 1.165) is 11.1 Å². The van der Waals surface area contributed by atoms with E-state index in [4.69, 9.17) is 32.0 Å². The number of aryl methyl sites for hydroxylation is 2. The SMILES string of the molecule is COCOC(=O)C(N)CSSCC(N)C(C)=O.COCOC(=O)C(N)CSSCC(N)C(C)=O.Cc1ccc(S(=O)(=O)O)cc1.Cc1ccc(S(=O)(=O)O)cc1.Cl.Cl. The molecule has 0 spiro atoms. The molecule has 0 heterocycles. The van der Waals surface area contributed by atoms with Gasteiger partial charge in [0.15, 0.2) is 13.6 Å². The van der Waals surface area contributed by atoms with Gasteiger partial charge in [-0.2, -0.15) is 16.8 Å². The molecular weight excluding hydrogens is 928 g/mol. The van der Waals surface area contributed by atoms with Crippen molar-refractivity contribution in [1.82, 2.24) is 0 Å². The minimum atomic E-state index is -4.02. The van der Waals surface area contributed by atoms with Crippen LogP contribution in [0.15, 0.2) is 58.3 Å². The third-order valence-corrected chi connectivity index (χ3v) is 12.8. The van der Waals surface area contributed by atoms with Crippen LogP contribution in [0.2, 0.25) is 0 Å². The quantitative estimate of drug-likeness (QED) is 0.0365. The number of Topliss-reactive ketones (excluding diaryl/α,β-unsaturated/α-hetero) is 2. The molecule has 0 amide bonds. The van der Waals surface area contributed by atoms with Gasteiger partial charge in [0.2, 0.25) is 0 Å². The predicted octanol–water partition coefficient (Wildman–Crippen LogP) is 2.84. The summed E-state index contributed by atoms with van der Waals surface area (Å²) in [6.45, 7) is 6.38. The fraction of sp³-hybridized carbons (Fsp3) is 0.500. The molecule has 0 aliphatic carbocycles. The lowest BCUT2D eigenvalue weighted by Crippen LogP contribution is -2.35. The second kappa shape index (κ2) is 34.9. The van der Waals surface area contributed by atoms with Crippen molar-refractivity contribution in [2.24, 2.45) is 22.9 Å². The number of carbonyl (C=O) groups excluding carboxylic acids is 4. The van der Waals surface area contributed by atoms with Crippen LogP contribution in [0, 0.1) is 13.8 Å². The monoisotopic (exact) mass is 980 g/mol. The van der Waals surface area contributed by atoms with E-state index in [1.807, 2.05) is 13.8 Å². The summed E-state index contributed by atoms with van der Waals surface area (Å²) >= 11 is 0. The average Bonchev–Trinajstić information content (AvgIpc) is 3.12. The van der Waals surface area contributed by atoms with Gasteiger partial charge in [-0.1, -0.05) is 78.6 Å². The maximum atomic E-state index is 11.2. The van der Waals surface area contributed by atoms with Gasteiger partial charge in [0.05, 0.1) is 21.9 Å². The third-order valence-electron chi connectivity index (χ3n) is 6.08. The molecular formula is C32H54Cl2N4O14S6. The van der Waals surface area contributed by atoms with E-state index in [1.165, 1.54) is 95.5 Å². The first-order valence-corrected chi connectivity index (χ1v) is 23.7. The number of halogens is 2. The van der Waals surface area contributed by atoms with E-state index >= 15 is 0 Å². The van der Waals surface area contributed by atoms with Gasteiger partial charge >= 0.3 is 11.9 Å². The molecule has 0 aromatic heterocycles. The van der Waals surface area contributed by atoms with Gasteiger partial charge in [0, 0.05) is 37.2 Å². The summed E-state index contributed by atoms with van der Waals surface area (Å²) in [6.07, 6.45) is 0. The van der Waals surface area contributed by atoms with Crippen molar-refractivity contribution in [2.75, 3.05) is 50.8 Å². The highest BCUT2D eigenvalue weighted by Crippen LogP contribution is 2.23. The Labute approximate surface area is 368 Å². The highest BCUT2D eigenvalue weighted by Gasteiger charge is 2.17. The molecule has 2 aromatic carbocycles. The Hall–Kier alpha value is -1.72. The van der Waals surface area contributed by atoms with Gasteiger partial charge in [0.1, 0.15) is 23.7 Å². The highest BCUT2D eigenvalue weighted by molar-refractivity contribution is 8.77. The molecule has 0 saturated carbocycles. The Morgan fingerprint density at radius 2 is 0.793 bits per heavy atom. The van der Waals surface area contributed by atoms with Crippen LogP contribution in [0.4, 0.5) is 0 Å². The first-order chi connectivity index (χ1) is 26.0. The first kappa shape index (κ1) is 62.9. The number of nitrogens with two attached hydrogens (primary N) is 4. The minimum absolute atomic E-state index is 0. The molecule has 2 rings (SSSR count). The topological polar surface area (TPSA) is 318 Å². The van der Waals surface area contributed by atoms with E-state index in [2.05, 4.69) is 18.9 Å². The number of esters is 2. The molecule has 0 bridgehead atoms. The number of benzene rings is 2. The molecule has 10 N–H and O–H groups in total. The van der Waals surface area contributed by atoms with Crippen LogP contribution in [0.5, 0.6) is 0 Å². The molecule has 336 valence electrons. The Kier molecular flexibility index (Phi) is 37.9. The van der Waals surface area contributed by atoms with Crippen LogP contribution in [0.25, 0.3) is 0 Å². The van der Waals surface area contributed by atoms with Crippen molar-refractivity contribution in [2.45, 2.75) is 61.7 Å². The zero-order valence-electron chi connectivity index (χ0n) is 32.5. The molecule has 2 aromatic rings. The molecule has 0 aliphatic rings. The summed E-state index contributed by atoms with van der Waals surface area (Å²) < 4.78 is 77.6. The van der Waals surface area contributed by atoms with Crippen molar-refractivity contribution in [3.63, 3.8) is 0 Å². The number of rotatable bonds is 20. The van der Waals surface area contributed by atoms with Crippen LogP contribution in [0.3, 0.4) is 0 Å². The standard InChI is InChI=1S/2C9H18N2O4S2.2C7H8O3S.2ClH/c2*1-6(12)7(10)3-16-17-4-8(11)9(13)15-5-14-2;2*1-6-2-4-7(5-3-6)11(8,9)10;;/h2*7-8H,3-5,10-11H2,1-2H3;2*2-5H,1H3,(H,8,9,10);2*1H. The Morgan fingerprint density at radius 3 is 1.00 bits per heavy atom. The molecule has 18 nitrogen and oxygen atoms in total. The second-order valence-corrected chi connectivity index (χ2v) is 19.0. The maximum Gasteiger partial charge on any atom is 0.325 e. The number of methoxy groups -OCH3 is 2. The minimum Gasteiger partial charge on any atom is -0.437 e. The Morgan fingerprint density at radius 1 is 0.552 bits per heavy atom. The average molecular weight is 982 g/mol. The lowest BCUT2D eigenvalue weighted by atomic mass is 10.2. The van der Waals surface area contributed by atoms with E-state index in [9.17, 15) is 36.0 Å². The number of hydrogen-bond donors (Lipinski definition) is 6. The molecule has 0 fully saturated rings. The lowest BCUT2D eigenvalue weighted by molar-refractivity contribution is -0.155. The fourth-order valence-corrected chi connectivity index (χ4v) is 8.31. The van der Waals surface area contributed by atoms with Gasteiger partial charge in [-0.3, -0.25) is 28.3 Å². The van der Waals surface area contributed by atoms with Gasteiger partial charge in [0.25, 0.3) is 20.2 Å². The number of hydrogen-bond acceptors (Lipinski definition) is 20. The lowest BCUT2D eigenvalue weighted by Gasteiger charge is -2.11. The van der Waals surface area contributed by atoms with Gasteiger partial charge < -0.3 is 41.9 Å². The summed E-state index contributed by atoms with van der Waals surface area (Å²) in [5, 5.41) is 0. The summed E-state index contributed by atoms with van der Waals surface area (Å²) in [5.74, 6) is 0.686. The summed E-state index contributed by atoms with van der Waals surface area (Å²) in [4.78, 5) is 44.0. The number of carbonyl (C=O) groups is 4. The summed E-state index contributed by atoms with van der Waals surface area (Å²) in [6, 6.07) is 9.64. The van der Waals surface area contributed by atoms with Crippen molar-refractivity contribution in [3.8, 4) is 0 Å². The van der Waals surface area contributed by atoms with Crippen molar-refractivity contribution in [3.05, 3.63) is 59.7 Å². The van der Waals surface area contributed by atoms with Crippen LogP contribution in [0.1, 0.15) is 25.0 Å². The molecule has 58 heavy (non-hydrogen) atoms. The van der Waals surface area contributed by atoms with Crippen LogP contribution in [-0.4, -0.2) is 124 Å². The summed E-state index contributed by atoms with van der Waals surface area (Å²) in [7, 11) is 0.403. The zero-order chi connectivity index (χ0) is 43.5. The molecule has 4 atom stereocenters. The van der Waals surface area contributed by atoms with E-state index in [-0.39, 0.29) is 59.8 Å². The molecule has 4 unspecified atom stereocenters. The molecule has 0 saturated heterocycles. The Balaban J connectivity index is -0.000000337. The van der Waals surface area contributed by atoms with E-state index < -0.39 is 56.3 Å². The van der Waals surface area contributed by atoms with Crippen LogP contribution >= 0.6 is 68.0 Å². The summed E-state index contributed by atoms with van der Waals surface area (Å²) in [5.41, 5.74) is 24.1. The normalized spacial score (nSPS) is 12.6. The molecule has 0 radical (unpaired) electrons. The van der Waals surface area contributed by atoms with Gasteiger partial charge in [-0.05, 0) is 52.0 Å². The smallest absolute Gasteiger partial charge is 0.325 e. The van der Waals surface area contributed by atoms with Gasteiger partial charge in [-0.25, -0.2) is 0 Å². The number of ketones is 2.